The number of benzene rings is 1. The minimum atomic E-state index is -0.110. The number of para-hydroxylation sites is 1. The minimum absolute atomic E-state index is 0.110. The van der Waals surface area contributed by atoms with Crippen molar-refractivity contribution in [3.05, 3.63) is 41.0 Å². The molecule has 0 bridgehead atoms. The zero-order valence-electron chi connectivity index (χ0n) is 7.62. The number of hydrogen-bond acceptors (Lipinski definition) is 2. The van der Waals surface area contributed by atoms with Crippen LogP contribution in [-0.4, -0.2) is 10.8 Å². The molecule has 2 nitrogen and oxygen atoms in total. The average molecular weight is 206 g/mol. The molecule has 1 aromatic carbocycles. The lowest BCUT2D eigenvalue weighted by molar-refractivity contribution is 0.101. The van der Waals surface area contributed by atoms with E-state index in [2.05, 4.69) is 4.98 Å². The van der Waals surface area contributed by atoms with Crippen molar-refractivity contribution in [2.24, 2.45) is 0 Å². The van der Waals surface area contributed by atoms with Gasteiger partial charge in [-0.25, -0.2) is 4.98 Å². The second-order valence-corrected chi connectivity index (χ2v) is 3.47. The maximum Gasteiger partial charge on any atom is 0.179 e. The Morgan fingerprint density at radius 2 is 2.07 bits per heavy atom. The fourth-order valence-electron chi connectivity index (χ4n) is 1.34. The highest BCUT2D eigenvalue weighted by molar-refractivity contribution is 6.34. The standard InChI is InChI=1S/C11H8ClNO/c1-7(14)11-9(12)6-8-4-2-3-5-10(8)13-11/h2-6H,1H3. The van der Waals surface area contributed by atoms with Crippen LogP contribution in [0.5, 0.6) is 0 Å². The lowest BCUT2D eigenvalue weighted by Gasteiger charge is -2.01. The molecule has 0 saturated carbocycles. The first-order valence-electron chi connectivity index (χ1n) is 4.25. The molecule has 2 aromatic rings. The largest absolute Gasteiger partial charge is 0.293 e. The van der Waals surface area contributed by atoms with Crippen LogP contribution in [0.25, 0.3) is 10.9 Å². The quantitative estimate of drug-likeness (QED) is 0.670. The molecule has 0 aliphatic carbocycles. The molecule has 0 amide bonds. The number of ketones is 1. The maximum absolute atomic E-state index is 11.2. The Bertz CT molecular complexity index is 508. The van der Waals surface area contributed by atoms with Gasteiger partial charge in [0.1, 0.15) is 5.69 Å². The third-order valence-electron chi connectivity index (χ3n) is 2.01. The van der Waals surface area contributed by atoms with E-state index in [-0.39, 0.29) is 5.78 Å². The molecule has 0 radical (unpaired) electrons. The van der Waals surface area contributed by atoms with Gasteiger partial charge in [0.25, 0.3) is 0 Å². The van der Waals surface area contributed by atoms with Crippen molar-refractivity contribution < 1.29 is 4.79 Å². The summed E-state index contributed by atoms with van der Waals surface area (Å²) in [5.41, 5.74) is 1.13. The number of hydrogen-bond donors (Lipinski definition) is 0. The van der Waals surface area contributed by atoms with Crippen molar-refractivity contribution in [2.75, 3.05) is 0 Å². The fourth-order valence-corrected chi connectivity index (χ4v) is 1.63. The molecule has 3 heteroatoms. The molecule has 2 rings (SSSR count). The van der Waals surface area contributed by atoms with Crippen LogP contribution < -0.4 is 0 Å². The van der Waals surface area contributed by atoms with Crippen LogP contribution >= 0.6 is 11.6 Å². The molecule has 0 aliphatic heterocycles. The van der Waals surface area contributed by atoms with Crippen molar-refractivity contribution in [1.29, 1.82) is 0 Å². The van der Waals surface area contributed by atoms with Crippen LogP contribution in [0.1, 0.15) is 17.4 Å². The molecular formula is C11H8ClNO. The summed E-state index contributed by atoms with van der Waals surface area (Å²) in [6, 6.07) is 9.33. The number of aromatic nitrogens is 1. The van der Waals surface area contributed by atoms with Gasteiger partial charge in [-0.05, 0) is 12.1 Å². The molecule has 14 heavy (non-hydrogen) atoms. The minimum Gasteiger partial charge on any atom is -0.293 e. The lowest BCUT2D eigenvalue weighted by Crippen LogP contribution is -1.97. The third kappa shape index (κ3) is 1.49. The van der Waals surface area contributed by atoms with Gasteiger partial charge >= 0.3 is 0 Å². The van der Waals surface area contributed by atoms with Crippen molar-refractivity contribution >= 4 is 28.3 Å². The van der Waals surface area contributed by atoms with E-state index >= 15 is 0 Å². The van der Waals surface area contributed by atoms with E-state index in [4.69, 9.17) is 11.6 Å². The summed E-state index contributed by atoms with van der Waals surface area (Å²) in [6.07, 6.45) is 0. The molecule has 0 fully saturated rings. The molecular weight excluding hydrogens is 198 g/mol. The molecule has 0 spiro atoms. The summed E-state index contributed by atoms with van der Waals surface area (Å²) in [6.45, 7) is 1.46. The summed E-state index contributed by atoms with van der Waals surface area (Å²) in [4.78, 5) is 15.4. The number of carbonyl (C=O) groups excluding carboxylic acids is 1. The van der Waals surface area contributed by atoms with E-state index in [1.807, 2.05) is 24.3 Å². The predicted octanol–water partition coefficient (Wildman–Crippen LogP) is 3.09. The Labute approximate surface area is 86.5 Å². The molecule has 0 aliphatic rings. The van der Waals surface area contributed by atoms with Crippen molar-refractivity contribution in [3.8, 4) is 0 Å². The zero-order chi connectivity index (χ0) is 10.1. The van der Waals surface area contributed by atoms with Gasteiger partial charge in [-0.3, -0.25) is 4.79 Å². The van der Waals surface area contributed by atoms with Crippen LogP contribution in [0.15, 0.2) is 30.3 Å². The summed E-state index contributed by atoms with van der Waals surface area (Å²) >= 11 is 5.91. The normalized spacial score (nSPS) is 10.4. The number of rotatable bonds is 1. The van der Waals surface area contributed by atoms with Crippen molar-refractivity contribution in [1.82, 2.24) is 4.98 Å². The summed E-state index contributed by atoms with van der Waals surface area (Å²) < 4.78 is 0. The van der Waals surface area contributed by atoms with E-state index < -0.39 is 0 Å². The van der Waals surface area contributed by atoms with Gasteiger partial charge in [-0.2, -0.15) is 0 Å². The summed E-state index contributed by atoms with van der Waals surface area (Å²) in [5.74, 6) is -0.110. The molecule has 70 valence electrons. The van der Waals surface area contributed by atoms with E-state index in [1.165, 1.54) is 6.92 Å². The number of pyridine rings is 1. The van der Waals surface area contributed by atoms with Crippen LogP contribution in [-0.2, 0) is 0 Å². The number of halogens is 1. The third-order valence-corrected chi connectivity index (χ3v) is 2.30. The molecule has 1 heterocycles. The Morgan fingerprint density at radius 1 is 1.36 bits per heavy atom. The van der Waals surface area contributed by atoms with Gasteiger partial charge < -0.3 is 0 Å². The van der Waals surface area contributed by atoms with Crippen LogP contribution in [0.3, 0.4) is 0 Å². The molecule has 0 unspecified atom stereocenters. The first-order chi connectivity index (χ1) is 6.68. The van der Waals surface area contributed by atoms with Gasteiger partial charge in [0.15, 0.2) is 5.78 Å². The molecule has 0 N–H and O–H groups in total. The van der Waals surface area contributed by atoms with Crippen molar-refractivity contribution in [3.63, 3.8) is 0 Å². The first kappa shape index (κ1) is 9.16. The second-order valence-electron chi connectivity index (χ2n) is 3.07. The van der Waals surface area contributed by atoms with Gasteiger partial charge in [-0.15, -0.1) is 0 Å². The molecule has 0 saturated heterocycles. The van der Waals surface area contributed by atoms with Crippen molar-refractivity contribution in [2.45, 2.75) is 6.92 Å². The smallest absolute Gasteiger partial charge is 0.179 e. The number of nitrogens with zero attached hydrogens (tertiary/aromatic N) is 1. The second kappa shape index (κ2) is 3.39. The van der Waals surface area contributed by atoms with Crippen LogP contribution in [0.2, 0.25) is 5.02 Å². The van der Waals surface area contributed by atoms with E-state index in [0.29, 0.717) is 10.7 Å². The molecule has 0 atom stereocenters. The SMILES string of the molecule is CC(=O)c1nc2ccccc2cc1Cl. The zero-order valence-corrected chi connectivity index (χ0v) is 8.38. The highest BCUT2D eigenvalue weighted by Crippen LogP contribution is 2.20. The highest BCUT2D eigenvalue weighted by Gasteiger charge is 2.08. The van der Waals surface area contributed by atoms with Gasteiger partial charge in [0.05, 0.1) is 10.5 Å². The van der Waals surface area contributed by atoms with E-state index in [0.717, 1.165) is 10.9 Å². The number of fused-ring (bicyclic) bond motifs is 1. The Morgan fingerprint density at radius 3 is 2.79 bits per heavy atom. The fraction of sp³-hybridized carbons (Fsp3) is 0.0909. The number of Topliss-reactive ketones (excluding diaryl/α,β-unsaturated/α-hetero) is 1. The van der Waals surface area contributed by atoms with Gasteiger partial charge in [0, 0.05) is 12.3 Å². The lowest BCUT2D eigenvalue weighted by atomic mass is 10.2. The van der Waals surface area contributed by atoms with E-state index in [1.54, 1.807) is 6.07 Å². The summed E-state index contributed by atoms with van der Waals surface area (Å²) in [7, 11) is 0. The summed E-state index contributed by atoms with van der Waals surface area (Å²) in [5, 5.41) is 1.36. The monoisotopic (exact) mass is 205 g/mol. The highest BCUT2D eigenvalue weighted by atomic mass is 35.5. The van der Waals surface area contributed by atoms with Crippen LogP contribution in [0, 0.1) is 0 Å². The topological polar surface area (TPSA) is 30.0 Å². The van der Waals surface area contributed by atoms with E-state index in [9.17, 15) is 4.79 Å². The van der Waals surface area contributed by atoms with Gasteiger partial charge in [0.2, 0.25) is 0 Å². The number of carbonyl (C=O) groups is 1. The Kier molecular flexibility index (Phi) is 2.22. The van der Waals surface area contributed by atoms with Crippen LogP contribution in [0.4, 0.5) is 0 Å². The Hall–Kier alpha value is -1.41. The van der Waals surface area contributed by atoms with Gasteiger partial charge in [-0.1, -0.05) is 29.8 Å². The average Bonchev–Trinajstić information content (AvgIpc) is 2.16. The maximum atomic E-state index is 11.2. The predicted molar refractivity (Wildman–Crippen MR) is 56.8 cm³/mol. The molecule has 1 aromatic heterocycles. The first-order valence-corrected chi connectivity index (χ1v) is 4.62. The Balaban J connectivity index is 2.77.